The fraction of sp³-hybridized carbons (Fsp3) is 0.0909. The van der Waals surface area contributed by atoms with E-state index in [1.165, 1.54) is 0 Å². The molecule has 80 valence electrons. The molecule has 16 heavy (non-hydrogen) atoms. The molecule has 0 bridgehead atoms. The SMILES string of the molecule is Cc1cccc(N=C2C(=O)N=CNC2=O)c1. The van der Waals surface area contributed by atoms with E-state index in [1.807, 2.05) is 19.1 Å². The highest BCUT2D eigenvalue weighted by Gasteiger charge is 2.22. The van der Waals surface area contributed by atoms with Gasteiger partial charge in [0.25, 0.3) is 5.91 Å². The highest BCUT2D eigenvalue weighted by Crippen LogP contribution is 2.14. The second kappa shape index (κ2) is 4.06. The molecule has 0 spiro atoms. The van der Waals surface area contributed by atoms with Gasteiger partial charge in [0, 0.05) is 0 Å². The molecule has 1 aromatic rings. The molecule has 0 atom stereocenters. The lowest BCUT2D eigenvalue weighted by molar-refractivity contribution is -0.117. The number of hydrogen-bond donors (Lipinski definition) is 1. The second-order valence-electron chi connectivity index (χ2n) is 3.34. The molecule has 1 aliphatic heterocycles. The van der Waals surface area contributed by atoms with E-state index < -0.39 is 11.8 Å². The van der Waals surface area contributed by atoms with E-state index in [9.17, 15) is 9.59 Å². The first-order chi connectivity index (χ1) is 7.66. The van der Waals surface area contributed by atoms with E-state index in [0.717, 1.165) is 11.9 Å². The average Bonchev–Trinajstić information content (AvgIpc) is 2.24. The molecule has 5 nitrogen and oxygen atoms in total. The Kier molecular flexibility index (Phi) is 2.59. The molecule has 0 saturated carbocycles. The highest BCUT2D eigenvalue weighted by atomic mass is 16.2. The average molecular weight is 215 g/mol. The molecule has 1 aromatic carbocycles. The van der Waals surface area contributed by atoms with Gasteiger partial charge >= 0.3 is 5.91 Å². The molecule has 0 aromatic heterocycles. The van der Waals surface area contributed by atoms with Gasteiger partial charge in [0.2, 0.25) is 0 Å². The summed E-state index contributed by atoms with van der Waals surface area (Å²) in [6.07, 6.45) is 1.07. The zero-order valence-electron chi connectivity index (χ0n) is 8.60. The summed E-state index contributed by atoms with van der Waals surface area (Å²) in [4.78, 5) is 30.1. The third kappa shape index (κ3) is 2.03. The predicted molar refractivity (Wildman–Crippen MR) is 59.9 cm³/mol. The maximum Gasteiger partial charge on any atom is 0.302 e. The van der Waals surface area contributed by atoms with Crippen molar-refractivity contribution in [3.63, 3.8) is 0 Å². The van der Waals surface area contributed by atoms with Crippen LogP contribution in [-0.2, 0) is 9.59 Å². The number of benzene rings is 1. The van der Waals surface area contributed by atoms with Crippen molar-refractivity contribution in [1.29, 1.82) is 0 Å². The molecule has 5 heteroatoms. The van der Waals surface area contributed by atoms with E-state index in [4.69, 9.17) is 0 Å². The van der Waals surface area contributed by atoms with Crippen LogP contribution < -0.4 is 5.32 Å². The van der Waals surface area contributed by atoms with Crippen LogP contribution in [0.5, 0.6) is 0 Å². The van der Waals surface area contributed by atoms with Crippen LogP contribution in [0.25, 0.3) is 0 Å². The van der Waals surface area contributed by atoms with Crippen molar-refractivity contribution in [3.8, 4) is 0 Å². The van der Waals surface area contributed by atoms with Gasteiger partial charge in [-0.05, 0) is 24.6 Å². The topological polar surface area (TPSA) is 70.9 Å². The number of carbonyl (C=O) groups is 2. The van der Waals surface area contributed by atoms with Crippen LogP contribution in [0.2, 0.25) is 0 Å². The van der Waals surface area contributed by atoms with Crippen molar-refractivity contribution in [2.75, 3.05) is 0 Å². The van der Waals surface area contributed by atoms with Crippen molar-refractivity contribution in [2.24, 2.45) is 9.98 Å². The summed E-state index contributed by atoms with van der Waals surface area (Å²) in [6.45, 7) is 1.91. The maximum atomic E-state index is 11.3. The van der Waals surface area contributed by atoms with Gasteiger partial charge in [0.1, 0.15) is 0 Å². The molecule has 2 rings (SSSR count). The van der Waals surface area contributed by atoms with Crippen molar-refractivity contribution < 1.29 is 9.59 Å². The van der Waals surface area contributed by atoms with Gasteiger partial charge in [0.05, 0.1) is 12.0 Å². The van der Waals surface area contributed by atoms with Crippen LogP contribution in [-0.4, -0.2) is 23.9 Å². The Hall–Kier alpha value is -2.30. The lowest BCUT2D eigenvalue weighted by atomic mass is 10.2. The quantitative estimate of drug-likeness (QED) is 0.750. The molecule has 1 N–H and O–H groups in total. The smallest absolute Gasteiger partial charge is 0.302 e. The number of aliphatic imine (C=N–C) groups is 2. The molecule has 1 aliphatic rings. The predicted octanol–water partition coefficient (Wildman–Crippen LogP) is 0.752. The molecule has 0 radical (unpaired) electrons. The van der Waals surface area contributed by atoms with Crippen LogP contribution in [0.1, 0.15) is 5.56 Å². The summed E-state index contributed by atoms with van der Waals surface area (Å²) < 4.78 is 0. The number of hydrogen-bond acceptors (Lipinski definition) is 3. The van der Waals surface area contributed by atoms with Gasteiger partial charge in [-0.25, -0.2) is 4.99 Å². The van der Waals surface area contributed by atoms with Crippen molar-refractivity contribution in [2.45, 2.75) is 6.92 Å². The maximum absolute atomic E-state index is 11.3. The minimum Gasteiger partial charge on any atom is -0.311 e. The standard InChI is InChI=1S/C11H9N3O2/c1-7-3-2-4-8(5-7)14-9-10(15)12-6-13-11(9)16/h2-6H,1H3,(H,12,13,15,16). The number of amides is 2. The number of nitrogens with zero attached hydrogens (tertiary/aromatic N) is 2. The fourth-order valence-electron chi connectivity index (χ4n) is 1.30. The van der Waals surface area contributed by atoms with Crippen LogP contribution in [0, 0.1) is 6.92 Å². The molecule has 2 amide bonds. The molecule has 0 fully saturated rings. The lowest BCUT2D eigenvalue weighted by Gasteiger charge is -2.05. The minimum atomic E-state index is -0.620. The van der Waals surface area contributed by atoms with Crippen LogP contribution in [0.3, 0.4) is 0 Å². The van der Waals surface area contributed by atoms with Gasteiger partial charge in [-0.15, -0.1) is 0 Å². The Labute approximate surface area is 91.9 Å². The molecule has 0 aliphatic carbocycles. The Bertz CT molecular complexity index is 518. The third-order valence-corrected chi connectivity index (χ3v) is 2.04. The number of carbonyl (C=O) groups excluding carboxylic acids is 2. The summed E-state index contributed by atoms with van der Waals surface area (Å²) in [5.74, 6) is -1.15. The molecular formula is C11H9N3O2. The largest absolute Gasteiger partial charge is 0.311 e. The summed E-state index contributed by atoms with van der Waals surface area (Å²) >= 11 is 0. The molecule has 1 heterocycles. The number of rotatable bonds is 1. The van der Waals surface area contributed by atoms with Crippen LogP contribution >= 0.6 is 0 Å². The zero-order chi connectivity index (χ0) is 11.5. The zero-order valence-corrected chi connectivity index (χ0v) is 8.60. The third-order valence-electron chi connectivity index (χ3n) is 2.04. The van der Waals surface area contributed by atoms with Crippen LogP contribution in [0.4, 0.5) is 5.69 Å². The van der Waals surface area contributed by atoms with Crippen molar-refractivity contribution >= 4 is 29.6 Å². The van der Waals surface area contributed by atoms with E-state index in [1.54, 1.807) is 12.1 Å². The highest BCUT2D eigenvalue weighted by molar-refractivity contribution is 6.68. The van der Waals surface area contributed by atoms with Gasteiger partial charge in [-0.2, -0.15) is 4.99 Å². The molecular weight excluding hydrogens is 206 g/mol. The number of nitrogens with one attached hydrogen (secondary N) is 1. The first kappa shape index (κ1) is 10.2. The molecule has 0 unspecified atom stereocenters. The van der Waals surface area contributed by atoms with Gasteiger partial charge in [-0.1, -0.05) is 12.1 Å². The Morgan fingerprint density at radius 2 is 2.12 bits per heavy atom. The van der Waals surface area contributed by atoms with E-state index in [-0.39, 0.29) is 5.71 Å². The minimum absolute atomic E-state index is 0.187. The summed E-state index contributed by atoms with van der Waals surface area (Å²) in [5, 5.41) is 2.32. The molecule has 0 saturated heterocycles. The summed E-state index contributed by atoms with van der Waals surface area (Å²) in [7, 11) is 0. The van der Waals surface area contributed by atoms with E-state index >= 15 is 0 Å². The lowest BCUT2D eigenvalue weighted by Crippen LogP contribution is -2.38. The van der Waals surface area contributed by atoms with E-state index in [0.29, 0.717) is 5.69 Å². The number of aryl methyl sites for hydroxylation is 1. The Morgan fingerprint density at radius 1 is 1.31 bits per heavy atom. The van der Waals surface area contributed by atoms with Gasteiger partial charge in [-0.3, -0.25) is 9.59 Å². The Morgan fingerprint density at radius 3 is 2.81 bits per heavy atom. The Balaban J connectivity index is 2.40. The second-order valence-corrected chi connectivity index (χ2v) is 3.34. The van der Waals surface area contributed by atoms with E-state index in [2.05, 4.69) is 15.3 Å². The normalized spacial score (nSPS) is 17.7. The summed E-state index contributed by atoms with van der Waals surface area (Å²) in [6, 6.07) is 7.22. The first-order valence-corrected chi connectivity index (χ1v) is 4.70. The summed E-state index contributed by atoms with van der Waals surface area (Å²) in [5.41, 5.74) is 1.39. The fourth-order valence-corrected chi connectivity index (χ4v) is 1.30. The van der Waals surface area contributed by atoms with Crippen LogP contribution in [0.15, 0.2) is 34.3 Å². The van der Waals surface area contributed by atoms with Crippen molar-refractivity contribution in [3.05, 3.63) is 29.8 Å². The van der Waals surface area contributed by atoms with Gasteiger partial charge < -0.3 is 5.32 Å². The van der Waals surface area contributed by atoms with Gasteiger partial charge in [0.15, 0.2) is 5.71 Å². The first-order valence-electron chi connectivity index (χ1n) is 4.70. The van der Waals surface area contributed by atoms with Crippen molar-refractivity contribution in [1.82, 2.24) is 5.32 Å². The monoisotopic (exact) mass is 215 g/mol.